The van der Waals surface area contributed by atoms with Crippen LogP contribution in [0.4, 0.5) is 18.9 Å². The average Bonchev–Trinajstić information content (AvgIpc) is 3.45. The number of aromatic nitrogens is 1. The van der Waals surface area contributed by atoms with Crippen molar-refractivity contribution in [2.45, 2.75) is 25.8 Å². The summed E-state index contributed by atoms with van der Waals surface area (Å²) in [5, 5.41) is 13.4. The van der Waals surface area contributed by atoms with Crippen LogP contribution in [0.15, 0.2) is 88.9 Å². The first-order valence-electron chi connectivity index (χ1n) is 12.2. The number of nitrogens with zero attached hydrogens (tertiary/aromatic N) is 3. The van der Waals surface area contributed by atoms with E-state index in [9.17, 15) is 28.1 Å². The number of hydrogen-bond acceptors (Lipinski definition) is 8. The molecule has 0 radical (unpaired) electrons. The summed E-state index contributed by atoms with van der Waals surface area (Å²) in [7, 11) is 0. The van der Waals surface area contributed by atoms with Crippen LogP contribution in [0.25, 0.3) is 16.8 Å². The minimum atomic E-state index is -4.86. The maximum Gasteiger partial charge on any atom is 0.434 e. The third kappa shape index (κ3) is 6.33. The molecule has 8 nitrogen and oxygen atoms in total. The van der Waals surface area contributed by atoms with Gasteiger partial charge in [0.05, 0.1) is 16.2 Å². The number of nitro groups is 1. The van der Waals surface area contributed by atoms with E-state index in [0.717, 1.165) is 28.7 Å². The third-order valence-electron chi connectivity index (χ3n) is 5.99. The first-order chi connectivity index (χ1) is 19.7. The summed E-state index contributed by atoms with van der Waals surface area (Å²) in [6.45, 7) is 0.0976. The van der Waals surface area contributed by atoms with E-state index in [0.29, 0.717) is 0 Å². The monoisotopic (exact) mass is 579 g/mol. The van der Waals surface area contributed by atoms with E-state index in [1.165, 1.54) is 17.5 Å². The fraction of sp³-hybridized carbons (Fsp3) is 0.138. The molecular formula is C29H20F3N3O5S. The summed E-state index contributed by atoms with van der Waals surface area (Å²) in [4.78, 5) is 31.6. The van der Waals surface area contributed by atoms with Crippen LogP contribution in [0.2, 0.25) is 0 Å². The minimum absolute atomic E-state index is 0.0283. The lowest BCUT2D eigenvalue weighted by atomic mass is 10.0. The number of thiazole rings is 1. The molecule has 0 fully saturated rings. The van der Waals surface area contributed by atoms with Gasteiger partial charge in [-0.25, -0.2) is 4.98 Å². The van der Waals surface area contributed by atoms with Gasteiger partial charge in [-0.2, -0.15) is 13.2 Å². The van der Waals surface area contributed by atoms with E-state index in [2.05, 4.69) is 9.98 Å². The molecule has 2 heterocycles. The molecule has 4 aromatic rings. The highest BCUT2D eigenvalue weighted by Gasteiger charge is 2.41. The Labute approximate surface area is 235 Å². The molecule has 3 aromatic carbocycles. The molecule has 0 saturated heterocycles. The molecule has 0 bridgehead atoms. The van der Waals surface area contributed by atoms with Gasteiger partial charge in [0.2, 0.25) is 5.75 Å². The number of halogens is 3. The average molecular weight is 580 g/mol. The number of ketones is 1. The van der Waals surface area contributed by atoms with Crippen molar-refractivity contribution in [1.29, 1.82) is 0 Å². The van der Waals surface area contributed by atoms with Gasteiger partial charge < -0.3 is 9.47 Å². The minimum Gasteiger partial charge on any atom is -0.485 e. The molecule has 0 unspecified atom stereocenters. The third-order valence-corrected chi connectivity index (χ3v) is 6.85. The molecule has 0 aliphatic carbocycles. The standard InChI is InChI=1S/C29H20F3N3O5S/c30-29(31,32)27-25(23(36)11-12-33-27)28-34-21(17-41-28)20-13-22(35(37)38)26(40-16-19-9-5-2-6-10-19)24(14-20)39-15-18-7-3-1-4-8-18/h1-10,12-14,17H,11,15-16H2. The summed E-state index contributed by atoms with van der Waals surface area (Å²) in [5.74, 6) is -0.819. The fourth-order valence-electron chi connectivity index (χ4n) is 4.06. The van der Waals surface area contributed by atoms with Gasteiger partial charge in [-0.3, -0.25) is 19.9 Å². The molecule has 0 spiro atoms. The van der Waals surface area contributed by atoms with E-state index in [1.54, 1.807) is 0 Å². The number of aliphatic imine (C=N–C) groups is 1. The number of benzene rings is 3. The van der Waals surface area contributed by atoms with Gasteiger partial charge in [-0.1, -0.05) is 60.7 Å². The van der Waals surface area contributed by atoms with Crippen molar-refractivity contribution in [2.24, 2.45) is 4.99 Å². The smallest absolute Gasteiger partial charge is 0.434 e. The van der Waals surface area contributed by atoms with E-state index >= 15 is 0 Å². The summed E-state index contributed by atoms with van der Waals surface area (Å²) in [5.41, 5.74) is -0.458. The van der Waals surface area contributed by atoms with Crippen molar-refractivity contribution in [3.05, 3.63) is 110 Å². The van der Waals surface area contributed by atoms with E-state index in [1.807, 2.05) is 60.7 Å². The van der Waals surface area contributed by atoms with Gasteiger partial charge in [0.1, 0.15) is 18.2 Å². The molecule has 1 aliphatic rings. The van der Waals surface area contributed by atoms with Crippen LogP contribution in [0, 0.1) is 10.1 Å². The molecule has 0 amide bonds. The van der Waals surface area contributed by atoms with Crippen molar-refractivity contribution in [3.8, 4) is 22.8 Å². The highest BCUT2D eigenvalue weighted by atomic mass is 32.1. The Balaban J connectivity index is 1.56. The van der Waals surface area contributed by atoms with Crippen molar-refractivity contribution < 1.29 is 32.4 Å². The van der Waals surface area contributed by atoms with Crippen LogP contribution in [-0.4, -0.2) is 28.1 Å². The summed E-state index contributed by atoms with van der Waals surface area (Å²) < 4.78 is 52.6. The molecule has 0 atom stereocenters. The fourth-order valence-corrected chi connectivity index (χ4v) is 4.95. The van der Waals surface area contributed by atoms with Gasteiger partial charge >= 0.3 is 11.9 Å². The van der Waals surface area contributed by atoms with Crippen LogP contribution >= 0.6 is 11.3 Å². The molecule has 0 saturated carbocycles. The number of nitro benzene ring substituents is 1. The van der Waals surface area contributed by atoms with E-state index in [4.69, 9.17) is 9.47 Å². The Morgan fingerprint density at radius 3 is 2.20 bits per heavy atom. The molecule has 41 heavy (non-hydrogen) atoms. The number of allylic oxidation sites excluding steroid dienone is 2. The molecule has 208 valence electrons. The lowest BCUT2D eigenvalue weighted by Crippen LogP contribution is -2.19. The maximum atomic E-state index is 13.6. The Kier molecular flexibility index (Phi) is 7.92. The topological polar surface area (TPSA) is 104 Å². The van der Waals surface area contributed by atoms with Crippen LogP contribution in [-0.2, 0) is 18.0 Å². The van der Waals surface area contributed by atoms with Gasteiger partial charge in [0.15, 0.2) is 17.2 Å². The zero-order chi connectivity index (χ0) is 29.0. The van der Waals surface area contributed by atoms with E-state index in [-0.39, 0.29) is 47.4 Å². The second-order valence-corrected chi connectivity index (χ2v) is 9.68. The second-order valence-electron chi connectivity index (χ2n) is 8.83. The Morgan fingerprint density at radius 1 is 0.951 bits per heavy atom. The summed E-state index contributed by atoms with van der Waals surface area (Å²) in [6.07, 6.45) is -4.24. The number of alkyl halides is 3. The van der Waals surface area contributed by atoms with Crippen LogP contribution < -0.4 is 9.47 Å². The predicted molar refractivity (Wildman–Crippen MR) is 147 cm³/mol. The normalized spacial score (nSPS) is 13.4. The predicted octanol–water partition coefficient (Wildman–Crippen LogP) is 7.19. The van der Waals surface area contributed by atoms with Crippen molar-refractivity contribution in [3.63, 3.8) is 0 Å². The molecule has 12 heteroatoms. The largest absolute Gasteiger partial charge is 0.485 e. The van der Waals surface area contributed by atoms with Gasteiger partial charge in [0.25, 0.3) is 0 Å². The highest BCUT2D eigenvalue weighted by molar-refractivity contribution is 7.11. The van der Waals surface area contributed by atoms with Crippen LogP contribution in [0.5, 0.6) is 11.5 Å². The molecular weight excluding hydrogens is 559 g/mol. The van der Waals surface area contributed by atoms with Crippen molar-refractivity contribution >= 4 is 34.6 Å². The van der Waals surface area contributed by atoms with Crippen molar-refractivity contribution in [2.75, 3.05) is 0 Å². The molecule has 1 aliphatic heterocycles. The Morgan fingerprint density at radius 2 is 1.59 bits per heavy atom. The summed E-state index contributed by atoms with van der Waals surface area (Å²) in [6, 6.07) is 20.9. The Bertz CT molecular complexity index is 1650. The SMILES string of the molecule is O=C1CC=NC(C(F)(F)F)=C1c1nc(-c2cc(OCc3ccccc3)c(OCc3ccccc3)c([N+](=O)[O-])c2)cs1. The zero-order valence-corrected chi connectivity index (χ0v) is 21.9. The first-order valence-corrected chi connectivity index (χ1v) is 13.1. The summed E-state index contributed by atoms with van der Waals surface area (Å²) >= 11 is 0.811. The maximum absolute atomic E-state index is 13.6. The lowest BCUT2D eigenvalue weighted by Gasteiger charge is -2.15. The van der Waals surface area contributed by atoms with Gasteiger partial charge in [0, 0.05) is 29.6 Å². The second kappa shape index (κ2) is 11.7. The number of carbonyl (C=O) groups excluding carboxylic acids is 1. The zero-order valence-electron chi connectivity index (χ0n) is 21.1. The van der Waals surface area contributed by atoms with E-state index < -0.39 is 33.8 Å². The van der Waals surface area contributed by atoms with Gasteiger partial charge in [-0.05, 0) is 17.2 Å². The molecule has 0 N–H and O–H groups in total. The van der Waals surface area contributed by atoms with Crippen molar-refractivity contribution in [1.82, 2.24) is 4.98 Å². The molecule has 5 rings (SSSR count). The lowest BCUT2D eigenvalue weighted by molar-refractivity contribution is -0.386. The van der Waals surface area contributed by atoms with Gasteiger partial charge in [-0.15, -0.1) is 11.3 Å². The van der Waals surface area contributed by atoms with Crippen LogP contribution in [0.3, 0.4) is 0 Å². The molecule has 1 aromatic heterocycles. The highest BCUT2D eigenvalue weighted by Crippen LogP contribution is 2.43. The Hall–Kier alpha value is -4.84. The number of carbonyl (C=O) groups is 1. The number of hydrogen-bond donors (Lipinski definition) is 0. The quantitative estimate of drug-likeness (QED) is 0.154. The first kappa shape index (κ1) is 27.7. The number of Topliss-reactive ketones (excluding diaryl/α,β-unsaturated/α-hetero) is 1. The number of rotatable bonds is 9. The van der Waals surface area contributed by atoms with Crippen LogP contribution in [0.1, 0.15) is 22.6 Å². The number of ether oxygens (including phenoxy) is 2.